The van der Waals surface area contributed by atoms with Crippen LogP contribution in [0.3, 0.4) is 0 Å². The number of pyridine rings is 1. The van der Waals surface area contributed by atoms with Crippen molar-refractivity contribution in [3.8, 4) is 0 Å². The highest BCUT2D eigenvalue weighted by Crippen LogP contribution is 2.45. The molecule has 1 unspecified atom stereocenters. The van der Waals surface area contributed by atoms with E-state index in [9.17, 15) is 9.90 Å². The molecule has 1 atom stereocenters. The lowest BCUT2D eigenvalue weighted by Gasteiger charge is -2.55. The number of aliphatic hydroxyl groups is 1. The van der Waals surface area contributed by atoms with Gasteiger partial charge in [0.25, 0.3) is 0 Å². The first kappa shape index (κ1) is 18.3. The molecule has 2 fully saturated rings. The van der Waals surface area contributed by atoms with Crippen LogP contribution in [0.4, 0.5) is 0 Å². The van der Waals surface area contributed by atoms with Gasteiger partial charge in [0.05, 0.1) is 11.6 Å². The average molecular weight is 345 g/mol. The van der Waals surface area contributed by atoms with Gasteiger partial charge < -0.3 is 10.0 Å². The maximum absolute atomic E-state index is 12.1. The van der Waals surface area contributed by atoms with Crippen molar-refractivity contribution in [3.05, 3.63) is 29.6 Å². The lowest BCUT2D eigenvalue weighted by molar-refractivity contribution is -0.157. The first-order valence-electron chi connectivity index (χ1n) is 9.31. The van der Waals surface area contributed by atoms with Gasteiger partial charge in [-0.2, -0.15) is 0 Å². The number of piperidine rings is 2. The summed E-state index contributed by atoms with van der Waals surface area (Å²) in [5.41, 5.74) is 2.04. The summed E-state index contributed by atoms with van der Waals surface area (Å²) < 4.78 is 0. The SMILES string of the molecule is CC(=O)N1CC2(CCN(Cc3cncc(C)c3)CC2)CC(O)C1(C)C. The van der Waals surface area contributed by atoms with Crippen LogP contribution in [0.25, 0.3) is 0 Å². The number of nitrogens with zero attached hydrogens (tertiary/aromatic N) is 3. The number of hydrogen-bond acceptors (Lipinski definition) is 4. The van der Waals surface area contributed by atoms with Gasteiger partial charge in [0.1, 0.15) is 0 Å². The molecule has 5 nitrogen and oxygen atoms in total. The van der Waals surface area contributed by atoms with E-state index in [1.165, 1.54) is 11.1 Å². The Balaban J connectivity index is 1.65. The Bertz CT molecular complexity index is 636. The van der Waals surface area contributed by atoms with Gasteiger partial charge in [-0.15, -0.1) is 0 Å². The van der Waals surface area contributed by atoms with E-state index in [0.29, 0.717) is 0 Å². The van der Waals surface area contributed by atoms with Gasteiger partial charge in [0, 0.05) is 32.4 Å². The quantitative estimate of drug-likeness (QED) is 0.894. The lowest BCUT2D eigenvalue weighted by Crippen LogP contribution is -2.64. The van der Waals surface area contributed by atoms with E-state index in [1.807, 2.05) is 31.1 Å². The Morgan fingerprint density at radius 2 is 2.00 bits per heavy atom. The fourth-order valence-electron chi connectivity index (χ4n) is 4.47. The zero-order valence-corrected chi connectivity index (χ0v) is 16.0. The van der Waals surface area contributed by atoms with Gasteiger partial charge in [0.15, 0.2) is 0 Å². The van der Waals surface area contributed by atoms with E-state index in [4.69, 9.17) is 0 Å². The number of aliphatic hydroxyl groups excluding tert-OH is 1. The molecular weight excluding hydrogens is 314 g/mol. The Hall–Kier alpha value is -1.46. The van der Waals surface area contributed by atoms with Crippen molar-refractivity contribution in [1.82, 2.24) is 14.8 Å². The molecule has 1 spiro atoms. The molecule has 3 heterocycles. The topological polar surface area (TPSA) is 56.7 Å². The zero-order valence-electron chi connectivity index (χ0n) is 16.0. The third kappa shape index (κ3) is 3.72. The molecule has 0 aliphatic carbocycles. The molecular formula is C20H31N3O2. The summed E-state index contributed by atoms with van der Waals surface area (Å²) in [5.74, 6) is 0.0661. The van der Waals surface area contributed by atoms with Crippen molar-refractivity contribution < 1.29 is 9.90 Å². The average Bonchev–Trinajstić information content (AvgIpc) is 2.53. The molecule has 25 heavy (non-hydrogen) atoms. The Morgan fingerprint density at radius 1 is 1.32 bits per heavy atom. The van der Waals surface area contributed by atoms with E-state index in [-0.39, 0.29) is 11.3 Å². The largest absolute Gasteiger partial charge is 0.391 e. The van der Waals surface area contributed by atoms with E-state index in [1.54, 1.807) is 6.92 Å². The van der Waals surface area contributed by atoms with Crippen molar-refractivity contribution in [2.75, 3.05) is 19.6 Å². The van der Waals surface area contributed by atoms with E-state index in [2.05, 4.69) is 22.9 Å². The van der Waals surface area contributed by atoms with Crippen LogP contribution < -0.4 is 0 Å². The summed E-state index contributed by atoms with van der Waals surface area (Å²) in [4.78, 5) is 20.8. The second-order valence-electron chi connectivity index (χ2n) is 8.63. The number of carbonyl (C=O) groups is 1. The fraction of sp³-hybridized carbons (Fsp3) is 0.700. The summed E-state index contributed by atoms with van der Waals surface area (Å²) in [6, 6.07) is 2.20. The van der Waals surface area contributed by atoms with Crippen LogP contribution in [0.5, 0.6) is 0 Å². The van der Waals surface area contributed by atoms with Crippen molar-refractivity contribution in [2.45, 2.75) is 65.1 Å². The highest BCUT2D eigenvalue weighted by atomic mass is 16.3. The summed E-state index contributed by atoms with van der Waals surface area (Å²) in [7, 11) is 0. The molecule has 0 bridgehead atoms. The molecule has 5 heteroatoms. The van der Waals surface area contributed by atoms with Crippen LogP contribution >= 0.6 is 0 Å². The van der Waals surface area contributed by atoms with Crippen LogP contribution in [-0.4, -0.2) is 57.1 Å². The number of carbonyl (C=O) groups excluding carboxylic acids is 1. The van der Waals surface area contributed by atoms with Crippen LogP contribution in [-0.2, 0) is 11.3 Å². The second kappa shape index (κ2) is 6.69. The van der Waals surface area contributed by atoms with Crippen LogP contribution in [0.15, 0.2) is 18.5 Å². The van der Waals surface area contributed by atoms with E-state index >= 15 is 0 Å². The molecule has 0 aromatic carbocycles. The van der Waals surface area contributed by atoms with Crippen molar-refractivity contribution in [2.24, 2.45) is 5.41 Å². The summed E-state index contributed by atoms with van der Waals surface area (Å²) >= 11 is 0. The first-order valence-corrected chi connectivity index (χ1v) is 9.31. The van der Waals surface area contributed by atoms with Gasteiger partial charge >= 0.3 is 0 Å². The minimum atomic E-state index is -0.471. The molecule has 2 aliphatic rings. The van der Waals surface area contributed by atoms with Gasteiger partial charge in [-0.05, 0) is 69.7 Å². The smallest absolute Gasteiger partial charge is 0.219 e. The maximum atomic E-state index is 12.1. The van der Waals surface area contributed by atoms with Crippen LogP contribution in [0.2, 0.25) is 0 Å². The molecule has 1 aromatic rings. The molecule has 3 rings (SSSR count). The number of likely N-dealkylation sites (tertiary alicyclic amines) is 2. The Morgan fingerprint density at radius 3 is 2.60 bits per heavy atom. The van der Waals surface area contributed by atoms with Crippen molar-refractivity contribution in [3.63, 3.8) is 0 Å². The van der Waals surface area contributed by atoms with Crippen molar-refractivity contribution in [1.29, 1.82) is 0 Å². The number of hydrogen-bond donors (Lipinski definition) is 1. The standard InChI is InChI=1S/C20H31N3O2/c1-15-9-17(12-21-11-15)13-22-7-5-20(6-8-22)10-18(25)19(3,4)23(14-20)16(2)24/h9,11-12,18,25H,5-8,10,13-14H2,1-4H3. The van der Waals surface area contributed by atoms with Crippen molar-refractivity contribution >= 4 is 5.91 Å². The van der Waals surface area contributed by atoms with Crippen LogP contribution in [0.1, 0.15) is 51.2 Å². The van der Waals surface area contributed by atoms with Gasteiger partial charge in [0.2, 0.25) is 5.91 Å². The highest BCUT2D eigenvalue weighted by Gasteiger charge is 2.50. The van der Waals surface area contributed by atoms with Crippen LogP contribution in [0, 0.1) is 12.3 Å². The summed E-state index contributed by atoms with van der Waals surface area (Å²) in [6.45, 7) is 11.4. The number of amides is 1. The summed E-state index contributed by atoms with van der Waals surface area (Å²) in [6.07, 6.45) is 6.23. The normalized spacial score (nSPS) is 26.0. The first-order chi connectivity index (χ1) is 11.7. The predicted molar refractivity (Wildman–Crippen MR) is 98.0 cm³/mol. The lowest BCUT2D eigenvalue weighted by atomic mass is 9.67. The zero-order chi connectivity index (χ0) is 18.2. The molecule has 138 valence electrons. The van der Waals surface area contributed by atoms with Gasteiger partial charge in [-0.1, -0.05) is 6.07 Å². The molecule has 1 N–H and O–H groups in total. The van der Waals surface area contributed by atoms with E-state index in [0.717, 1.165) is 45.4 Å². The molecule has 1 aromatic heterocycles. The second-order valence-corrected chi connectivity index (χ2v) is 8.63. The molecule has 0 saturated carbocycles. The highest BCUT2D eigenvalue weighted by molar-refractivity contribution is 5.74. The fourth-order valence-corrected chi connectivity index (χ4v) is 4.47. The molecule has 2 saturated heterocycles. The monoisotopic (exact) mass is 345 g/mol. The molecule has 1 amide bonds. The minimum absolute atomic E-state index is 0.0575. The number of aromatic nitrogens is 1. The predicted octanol–water partition coefficient (Wildman–Crippen LogP) is 2.36. The Labute approximate surface area is 151 Å². The Kier molecular flexibility index (Phi) is 4.91. The molecule has 2 aliphatic heterocycles. The van der Waals surface area contributed by atoms with E-state index < -0.39 is 11.6 Å². The number of rotatable bonds is 2. The van der Waals surface area contributed by atoms with Gasteiger partial charge in [-0.3, -0.25) is 14.7 Å². The van der Waals surface area contributed by atoms with Gasteiger partial charge in [-0.25, -0.2) is 0 Å². The maximum Gasteiger partial charge on any atom is 0.219 e. The third-order valence-corrected chi connectivity index (χ3v) is 6.27. The summed E-state index contributed by atoms with van der Waals surface area (Å²) in [5, 5.41) is 10.7. The number of aryl methyl sites for hydroxylation is 1. The minimum Gasteiger partial charge on any atom is -0.391 e. The molecule has 0 radical (unpaired) electrons. The third-order valence-electron chi connectivity index (χ3n) is 6.27.